The highest BCUT2D eigenvalue weighted by atomic mass is 35.5. The Balaban J connectivity index is 2.17. The summed E-state index contributed by atoms with van der Waals surface area (Å²) in [5.41, 5.74) is 0.744. The SMILES string of the molecule is O=S1(=O)CCNCC1Cc1ccc(F)c(Cl)c1. The van der Waals surface area contributed by atoms with Gasteiger partial charge < -0.3 is 5.32 Å². The van der Waals surface area contributed by atoms with E-state index in [4.69, 9.17) is 11.6 Å². The van der Waals surface area contributed by atoms with Crippen LogP contribution in [0.4, 0.5) is 4.39 Å². The Morgan fingerprint density at radius 3 is 2.88 bits per heavy atom. The lowest BCUT2D eigenvalue weighted by Gasteiger charge is -2.23. The van der Waals surface area contributed by atoms with Crippen molar-refractivity contribution < 1.29 is 12.8 Å². The van der Waals surface area contributed by atoms with Gasteiger partial charge >= 0.3 is 0 Å². The van der Waals surface area contributed by atoms with E-state index < -0.39 is 20.9 Å². The molecule has 0 saturated carbocycles. The predicted molar refractivity (Wildman–Crippen MR) is 65.6 cm³/mol. The Labute approximate surface area is 105 Å². The number of benzene rings is 1. The van der Waals surface area contributed by atoms with Crippen molar-refractivity contribution in [1.82, 2.24) is 5.32 Å². The molecule has 1 aromatic carbocycles. The summed E-state index contributed by atoms with van der Waals surface area (Å²) in [4.78, 5) is 0. The highest BCUT2D eigenvalue weighted by Crippen LogP contribution is 2.19. The third-order valence-electron chi connectivity index (χ3n) is 2.89. The summed E-state index contributed by atoms with van der Waals surface area (Å²) in [5.74, 6) is -0.327. The van der Waals surface area contributed by atoms with Gasteiger partial charge in [0, 0.05) is 13.1 Å². The molecule has 0 bridgehead atoms. The molecule has 1 saturated heterocycles. The fourth-order valence-corrected chi connectivity index (χ4v) is 3.68. The zero-order valence-electron chi connectivity index (χ0n) is 9.12. The molecule has 6 heteroatoms. The topological polar surface area (TPSA) is 46.2 Å². The van der Waals surface area contributed by atoms with E-state index in [0.29, 0.717) is 19.5 Å². The lowest BCUT2D eigenvalue weighted by molar-refractivity contribution is 0.543. The van der Waals surface area contributed by atoms with Crippen molar-refractivity contribution in [3.8, 4) is 0 Å². The second-order valence-corrected chi connectivity index (χ2v) is 6.95. The van der Waals surface area contributed by atoms with E-state index in [1.807, 2.05) is 0 Å². The Bertz CT molecular complexity index is 518. The van der Waals surface area contributed by atoms with Gasteiger partial charge in [-0.1, -0.05) is 17.7 Å². The Morgan fingerprint density at radius 2 is 2.24 bits per heavy atom. The van der Waals surface area contributed by atoms with Gasteiger partial charge in [-0.2, -0.15) is 0 Å². The molecule has 0 amide bonds. The average molecular weight is 278 g/mol. The summed E-state index contributed by atoms with van der Waals surface area (Å²) in [6.07, 6.45) is 0.370. The van der Waals surface area contributed by atoms with Crippen LogP contribution in [0.25, 0.3) is 0 Å². The van der Waals surface area contributed by atoms with Crippen LogP contribution in [0.1, 0.15) is 5.56 Å². The fourth-order valence-electron chi connectivity index (χ4n) is 1.90. The number of hydrogen-bond acceptors (Lipinski definition) is 3. The number of rotatable bonds is 2. The van der Waals surface area contributed by atoms with Gasteiger partial charge in [-0.3, -0.25) is 0 Å². The monoisotopic (exact) mass is 277 g/mol. The second kappa shape index (κ2) is 4.92. The molecule has 3 nitrogen and oxygen atoms in total. The van der Waals surface area contributed by atoms with Crippen LogP contribution in [0.15, 0.2) is 18.2 Å². The smallest absolute Gasteiger partial charge is 0.155 e. The van der Waals surface area contributed by atoms with E-state index in [-0.39, 0.29) is 10.8 Å². The molecule has 1 heterocycles. The highest BCUT2D eigenvalue weighted by molar-refractivity contribution is 7.92. The average Bonchev–Trinajstić information content (AvgIpc) is 2.26. The van der Waals surface area contributed by atoms with Crippen molar-refractivity contribution in [2.24, 2.45) is 0 Å². The third-order valence-corrected chi connectivity index (χ3v) is 5.30. The van der Waals surface area contributed by atoms with Crippen LogP contribution in [0.5, 0.6) is 0 Å². The Morgan fingerprint density at radius 1 is 1.47 bits per heavy atom. The van der Waals surface area contributed by atoms with Gasteiger partial charge in [-0.25, -0.2) is 12.8 Å². The molecule has 0 radical (unpaired) electrons. The summed E-state index contributed by atoms with van der Waals surface area (Å²) >= 11 is 5.66. The van der Waals surface area contributed by atoms with E-state index in [2.05, 4.69) is 5.32 Å². The minimum atomic E-state index is -3.04. The molecule has 1 aliphatic rings. The maximum Gasteiger partial charge on any atom is 0.155 e. The van der Waals surface area contributed by atoms with Crippen molar-refractivity contribution in [3.63, 3.8) is 0 Å². The quantitative estimate of drug-likeness (QED) is 0.889. The van der Waals surface area contributed by atoms with E-state index >= 15 is 0 Å². The molecule has 0 spiro atoms. The van der Waals surface area contributed by atoms with Gasteiger partial charge in [-0.15, -0.1) is 0 Å². The van der Waals surface area contributed by atoms with Crippen molar-refractivity contribution >= 4 is 21.4 Å². The summed E-state index contributed by atoms with van der Waals surface area (Å²) < 4.78 is 36.5. The van der Waals surface area contributed by atoms with Gasteiger partial charge in [0.05, 0.1) is 16.0 Å². The van der Waals surface area contributed by atoms with Gasteiger partial charge in [0.25, 0.3) is 0 Å². The fraction of sp³-hybridized carbons (Fsp3) is 0.455. The lowest BCUT2D eigenvalue weighted by atomic mass is 10.1. The zero-order valence-corrected chi connectivity index (χ0v) is 10.7. The molecule has 94 valence electrons. The predicted octanol–water partition coefficient (Wildman–Crippen LogP) is 1.41. The Kier molecular flexibility index (Phi) is 3.70. The van der Waals surface area contributed by atoms with Crippen LogP contribution in [0, 0.1) is 5.82 Å². The molecule has 1 unspecified atom stereocenters. The van der Waals surface area contributed by atoms with Crippen molar-refractivity contribution in [3.05, 3.63) is 34.6 Å². The molecule has 2 rings (SSSR count). The molecule has 1 aromatic rings. The zero-order chi connectivity index (χ0) is 12.5. The van der Waals surface area contributed by atoms with Crippen LogP contribution in [0.2, 0.25) is 5.02 Å². The number of hydrogen-bond donors (Lipinski definition) is 1. The third kappa shape index (κ3) is 2.97. The maximum absolute atomic E-state index is 13.0. The number of halogens is 2. The van der Waals surface area contributed by atoms with Crippen molar-refractivity contribution in [1.29, 1.82) is 0 Å². The van der Waals surface area contributed by atoms with Crippen LogP contribution in [-0.2, 0) is 16.3 Å². The van der Waals surface area contributed by atoms with E-state index in [0.717, 1.165) is 5.56 Å². The minimum Gasteiger partial charge on any atom is -0.314 e. The normalized spacial score (nSPS) is 23.5. The van der Waals surface area contributed by atoms with Crippen molar-refractivity contribution in [2.45, 2.75) is 11.7 Å². The van der Waals surface area contributed by atoms with E-state index in [9.17, 15) is 12.8 Å². The van der Waals surface area contributed by atoms with Gasteiger partial charge in [-0.05, 0) is 24.1 Å². The lowest BCUT2D eigenvalue weighted by Crippen LogP contribution is -2.44. The van der Waals surface area contributed by atoms with Gasteiger partial charge in [0.2, 0.25) is 0 Å². The highest BCUT2D eigenvalue weighted by Gasteiger charge is 2.28. The second-order valence-electron chi connectivity index (χ2n) is 4.15. The molecule has 0 aliphatic carbocycles. The molecule has 1 aliphatic heterocycles. The summed E-state index contributed by atoms with van der Waals surface area (Å²) in [6, 6.07) is 4.33. The van der Waals surface area contributed by atoms with Crippen LogP contribution in [-0.4, -0.2) is 32.5 Å². The molecule has 1 fully saturated rings. The molecule has 0 aromatic heterocycles. The Hall–Kier alpha value is -0.650. The first-order chi connectivity index (χ1) is 7.99. The molecule has 1 N–H and O–H groups in total. The minimum absolute atomic E-state index is 0.0312. The van der Waals surface area contributed by atoms with E-state index in [1.165, 1.54) is 12.1 Å². The first-order valence-electron chi connectivity index (χ1n) is 5.35. The summed E-state index contributed by atoms with van der Waals surface area (Å²) in [5, 5.41) is 2.64. The number of nitrogens with one attached hydrogen (secondary N) is 1. The van der Waals surface area contributed by atoms with Crippen LogP contribution in [0.3, 0.4) is 0 Å². The molecule has 17 heavy (non-hydrogen) atoms. The first-order valence-corrected chi connectivity index (χ1v) is 7.44. The van der Waals surface area contributed by atoms with E-state index in [1.54, 1.807) is 6.07 Å². The largest absolute Gasteiger partial charge is 0.314 e. The summed E-state index contributed by atoms with van der Waals surface area (Å²) in [7, 11) is -3.04. The first kappa shape index (κ1) is 12.8. The standard InChI is InChI=1S/C11H13ClFNO2S/c12-10-6-8(1-2-11(10)13)5-9-7-14-3-4-17(9,15)16/h1-2,6,9,14H,3-5,7H2. The molecular weight excluding hydrogens is 265 g/mol. The molecule has 1 atom stereocenters. The van der Waals surface area contributed by atoms with Gasteiger partial charge in [0.1, 0.15) is 5.82 Å². The van der Waals surface area contributed by atoms with Crippen LogP contribution >= 0.6 is 11.6 Å². The van der Waals surface area contributed by atoms with Crippen molar-refractivity contribution in [2.75, 3.05) is 18.8 Å². The molecular formula is C11H13ClFNO2S. The summed E-state index contributed by atoms with van der Waals surface area (Å²) in [6.45, 7) is 0.945. The van der Waals surface area contributed by atoms with Crippen LogP contribution < -0.4 is 5.32 Å². The number of sulfone groups is 1. The van der Waals surface area contributed by atoms with Gasteiger partial charge in [0.15, 0.2) is 9.84 Å². The maximum atomic E-state index is 13.0.